The van der Waals surface area contributed by atoms with Crippen molar-refractivity contribution in [1.29, 1.82) is 0 Å². The zero-order chi connectivity index (χ0) is 21.8. The molecule has 2 aliphatic heterocycles. The van der Waals surface area contributed by atoms with E-state index in [0.29, 0.717) is 11.7 Å². The van der Waals surface area contributed by atoms with Crippen LogP contribution in [0.15, 0.2) is 65.7 Å². The molecule has 2 aromatic heterocycles. The van der Waals surface area contributed by atoms with E-state index in [9.17, 15) is 4.79 Å². The number of oxazole rings is 1. The van der Waals surface area contributed by atoms with Crippen molar-refractivity contribution in [1.82, 2.24) is 19.8 Å². The molecule has 0 spiro atoms. The van der Waals surface area contributed by atoms with Crippen molar-refractivity contribution in [2.24, 2.45) is 5.92 Å². The molecule has 1 unspecified atom stereocenters. The van der Waals surface area contributed by atoms with Gasteiger partial charge in [-0.25, -0.2) is 9.97 Å². The molecule has 0 N–H and O–H groups in total. The number of hydrogen-bond acceptors (Lipinski definition) is 6. The Morgan fingerprint density at radius 2 is 1.88 bits per heavy atom. The van der Waals surface area contributed by atoms with Crippen LogP contribution in [0, 0.1) is 5.92 Å². The van der Waals surface area contributed by atoms with Gasteiger partial charge in [0, 0.05) is 63.1 Å². The lowest BCUT2D eigenvalue weighted by Gasteiger charge is -2.39. The Bertz CT molecular complexity index is 999. The lowest BCUT2D eigenvalue weighted by molar-refractivity contribution is 0.0637. The number of carbonyl (C=O) groups is 1. The van der Waals surface area contributed by atoms with Crippen molar-refractivity contribution in [3.8, 4) is 11.3 Å². The quantitative estimate of drug-likeness (QED) is 0.617. The van der Waals surface area contributed by atoms with Crippen molar-refractivity contribution < 1.29 is 9.21 Å². The number of piperidine rings is 1. The molecule has 2 fully saturated rings. The van der Waals surface area contributed by atoms with Crippen LogP contribution in [0.25, 0.3) is 11.3 Å². The van der Waals surface area contributed by atoms with Crippen molar-refractivity contribution in [2.75, 3.05) is 50.7 Å². The number of carbonyl (C=O) groups excluding carboxylic acids is 1. The number of nitrogens with zero attached hydrogens (tertiary/aromatic N) is 5. The number of benzene rings is 1. The molecule has 32 heavy (non-hydrogen) atoms. The molecule has 7 nitrogen and oxygen atoms in total. The molecule has 2 aliphatic rings. The molecule has 0 saturated carbocycles. The highest BCUT2D eigenvalue weighted by Gasteiger charge is 2.27. The molecule has 166 valence electrons. The van der Waals surface area contributed by atoms with Crippen LogP contribution in [0.5, 0.6) is 0 Å². The van der Waals surface area contributed by atoms with Crippen LogP contribution in [-0.2, 0) is 0 Å². The van der Waals surface area contributed by atoms with Gasteiger partial charge in [-0.3, -0.25) is 9.69 Å². The van der Waals surface area contributed by atoms with E-state index in [1.54, 1.807) is 6.20 Å². The van der Waals surface area contributed by atoms with Crippen LogP contribution in [0.3, 0.4) is 0 Å². The summed E-state index contributed by atoms with van der Waals surface area (Å²) in [5, 5.41) is 0. The SMILES string of the molecule is O=C(c1ccc(-c2cnco2)cc1)N1CCCC(CN2CCN(c3ccccn3)CC2)C1. The Kier molecular flexibility index (Phi) is 6.16. The molecule has 2 saturated heterocycles. The van der Waals surface area contributed by atoms with E-state index in [1.165, 1.54) is 12.8 Å². The Morgan fingerprint density at radius 3 is 2.59 bits per heavy atom. The van der Waals surface area contributed by atoms with Crippen LogP contribution in [0.4, 0.5) is 5.82 Å². The van der Waals surface area contributed by atoms with E-state index in [-0.39, 0.29) is 5.91 Å². The zero-order valence-electron chi connectivity index (χ0n) is 18.3. The molecule has 3 aromatic rings. The Hall–Kier alpha value is -3.19. The van der Waals surface area contributed by atoms with Gasteiger partial charge in [0.2, 0.25) is 0 Å². The maximum absolute atomic E-state index is 13.1. The van der Waals surface area contributed by atoms with Gasteiger partial charge in [-0.2, -0.15) is 0 Å². The molecule has 0 bridgehead atoms. The van der Waals surface area contributed by atoms with E-state index in [1.807, 2.05) is 47.5 Å². The first-order valence-corrected chi connectivity index (χ1v) is 11.4. The second-order valence-electron chi connectivity index (χ2n) is 8.68. The molecule has 5 rings (SSSR count). The highest BCUT2D eigenvalue weighted by atomic mass is 16.3. The first kappa shape index (κ1) is 20.7. The third kappa shape index (κ3) is 4.67. The Balaban J connectivity index is 1.14. The minimum Gasteiger partial charge on any atom is -0.444 e. The molecular weight excluding hydrogens is 402 g/mol. The van der Waals surface area contributed by atoms with Gasteiger partial charge < -0.3 is 14.2 Å². The van der Waals surface area contributed by atoms with E-state index in [2.05, 4.69) is 25.8 Å². The van der Waals surface area contributed by atoms with E-state index < -0.39 is 0 Å². The summed E-state index contributed by atoms with van der Waals surface area (Å²) in [4.78, 5) is 28.5. The monoisotopic (exact) mass is 431 g/mol. The predicted molar refractivity (Wildman–Crippen MR) is 123 cm³/mol. The van der Waals surface area contributed by atoms with Crippen LogP contribution in [-0.4, -0.2) is 71.5 Å². The molecule has 0 radical (unpaired) electrons. The van der Waals surface area contributed by atoms with Gasteiger partial charge in [0.15, 0.2) is 12.2 Å². The first-order valence-electron chi connectivity index (χ1n) is 11.4. The fraction of sp³-hybridized carbons (Fsp3) is 0.400. The molecule has 1 aromatic carbocycles. The number of rotatable bonds is 5. The number of piperazine rings is 1. The second kappa shape index (κ2) is 9.53. The summed E-state index contributed by atoms with van der Waals surface area (Å²) in [5.41, 5.74) is 1.67. The average molecular weight is 432 g/mol. The number of likely N-dealkylation sites (tertiary alicyclic amines) is 1. The Labute approximate surface area is 188 Å². The van der Waals surface area contributed by atoms with Gasteiger partial charge in [0.1, 0.15) is 5.82 Å². The minimum atomic E-state index is 0.124. The molecule has 0 aliphatic carbocycles. The lowest BCUT2D eigenvalue weighted by Crippen LogP contribution is -2.50. The Morgan fingerprint density at radius 1 is 1.03 bits per heavy atom. The topological polar surface area (TPSA) is 65.7 Å². The smallest absolute Gasteiger partial charge is 0.253 e. The first-order chi connectivity index (χ1) is 15.8. The summed E-state index contributed by atoms with van der Waals surface area (Å²) in [7, 11) is 0. The van der Waals surface area contributed by atoms with E-state index in [0.717, 1.165) is 69.2 Å². The van der Waals surface area contributed by atoms with Gasteiger partial charge in [-0.1, -0.05) is 18.2 Å². The van der Waals surface area contributed by atoms with Crippen molar-refractivity contribution in [2.45, 2.75) is 12.8 Å². The number of aromatic nitrogens is 2. The molecule has 1 amide bonds. The molecule has 1 atom stereocenters. The van der Waals surface area contributed by atoms with Gasteiger partial charge >= 0.3 is 0 Å². The number of pyridine rings is 1. The third-order valence-electron chi connectivity index (χ3n) is 6.52. The summed E-state index contributed by atoms with van der Waals surface area (Å²) in [6.45, 7) is 6.84. The van der Waals surface area contributed by atoms with Crippen LogP contribution in [0.2, 0.25) is 0 Å². The van der Waals surface area contributed by atoms with Crippen LogP contribution >= 0.6 is 0 Å². The number of anilines is 1. The third-order valence-corrected chi connectivity index (χ3v) is 6.52. The fourth-order valence-corrected chi connectivity index (χ4v) is 4.78. The average Bonchev–Trinajstić information content (AvgIpc) is 3.40. The van der Waals surface area contributed by atoms with Gasteiger partial charge in [-0.05, 0) is 43.0 Å². The highest BCUT2D eigenvalue weighted by Crippen LogP contribution is 2.23. The maximum Gasteiger partial charge on any atom is 0.253 e. The van der Waals surface area contributed by atoms with Gasteiger partial charge in [-0.15, -0.1) is 0 Å². The van der Waals surface area contributed by atoms with Gasteiger partial charge in [0.05, 0.1) is 6.20 Å². The molecular formula is C25H29N5O2. The van der Waals surface area contributed by atoms with Crippen molar-refractivity contribution in [3.63, 3.8) is 0 Å². The highest BCUT2D eigenvalue weighted by molar-refractivity contribution is 5.94. The number of hydrogen-bond donors (Lipinski definition) is 0. The minimum absolute atomic E-state index is 0.124. The summed E-state index contributed by atoms with van der Waals surface area (Å²) < 4.78 is 5.34. The van der Waals surface area contributed by atoms with Crippen LogP contribution < -0.4 is 4.90 Å². The van der Waals surface area contributed by atoms with Gasteiger partial charge in [0.25, 0.3) is 5.91 Å². The summed E-state index contributed by atoms with van der Waals surface area (Å²) in [6.07, 6.45) is 7.22. The maximum atomic E-state index is 13.1. The largest absolute Gasteiger partial charge is 0.444 e. The van der Waals surface area contributed by atoms with Crippen LogP contribution in [0.1, 0.15) is 23.2 Å². The van der Waals surface area contributed by atoms with E-state index in [4.69, 9.17) is 4.42 Å². The fourth-order valence-electron chi connectivity index (χ4n) is 4.78. The molecule has 4 heterocycles. The summed E-state index contributed by atoms with van der Waals surface area (Å²) >= 11 is 0. The summed E-state index contributed by atoms with van der Waals surface area (Å²) in [6, 6.07) is 13.7. The predicted octanol–water partition coefficient (Wildman–Crippen LogP) is 3.41. The normalized spacial score (nSPS) is 19.8. The summed E-state index contributed by atoms with van der Waals surface area (Å²) in [5.74, 6) is 2.43. The van der Waals surface area contributed by atoms with Crippen molar-refractivity contribution >= 4 is 11.7 Å². The lowest BCUT2D eigenvalue weighted by atomic mass is 9.96. The van der Waals surface area contributed by atoms with E-state index >= 15 is 0 Å². The standard InChI is InChI=1S/C25H29N5O2/c31-25(22-8-6-21(7-9-22)23-16-26-19-32-23)30-11-3-4-20(18-30)17-28-12-14-29(15-13-28)24-5-1-2-10-27-24/h1-2,5-10,16,19-20H,3-4,11-15,17-18H2. The van der Waals surface area contributed by atoms with Crippen molar-refractivity contribution in [3.05, 3.63) is 66.8 Å². The zero-order valence-corrected chi connectivity index (χ0v) is 18.3. The number of amides is 1. The second-order valence-corrected chi connectivity index (χ2v) is 8.68. The molecule has 7 heteroatoms.